The zero-order chi connectivity index (χ0) is 19.0. The first-order valence-corrected chi connectivity index (χ1v) is 10.1. The number of hydrogen-bond donors (Lipinski definition) is 2. The molecule has 2 N–H and O–H groups in total. The molecule has 138 valence electrons. The highest BCUT2D eigenvalue weighted by Crippen LogP contribution is 2.25. The average Bonchev–Trinajstić information content (AvgIpc) is 3.20. The number of rotatable bonds is 4. The number of hydrogen-bond acceptors (Lipinski definition) is 4. The van der Waals surface area contributed by atoms with Crippen LogP contribution in [0.2, 0.25) is 0 Å². The number of carbonyl (C=O) groups is 2. The van der Waals surface area contributed by atoms with Gasteiger partial charge in [-0.2, -0.15) is 0 Å². The summed E-state index contributed by atoms with van der Waals surface area (Å²) in [6.45, 7) is 0.365. The molecule has 0 saturated carbocycles. The van der Waals surface area contributed by atoms with Gasteiger partial charge in [-0.25, -0.2) is 12.7 Å². The third kappa shape index (κ3) is 3.19. The molecular formula is C19H17N3O4S. The molecule has 1 saturated heterocycles. The summed E-state index contributed by atoms with van der Waals surface area (Å²) in [5, 5.41) is 3.90. The highest BCUT2D eigenvalue weighted by Gasteiger charge is 2.36. The Morgan fingerprint density at radius 3 is 2.56 bits per heavy atom. The predicted molar refractivity (Wildman–Crippen MR) is 102 cm³/mol. The van der Waals surface area contributed by atoms with Gasteiger partial charge in [-0.05, 0) is 35.9 Å². The Kier molecular flexibility index (Phi) is 4.19. The second-order valence-electron chi connectivity index (χ2n) is 6.31. The van der Waals surface area contributed by atoms with Gasteiger partial charge in [-0.15, -0.1) is 0 Å². The molecule has 1 aromatic heterocycles. The predicted octanol–water partition coefficient (Wildman–Crippen LogP) is 2.16. The quantitative estimate of drug-likeness (QED) is 0.721. The molecule has 2 aromatic carbocycles. The third-order valence-electron chi connectivity index (χ3n) is 4.56. The zero-order valence-corrected chi connectivity index (χ0v) is 15.1. The molecule has 7 nitrogen and oxygen atoms in total. The number of para-hydroxylation sites is 1. The summed E-state index contributed by atoms with van der Waals surface area (Å²) >= 11 is 0. The highest BCUT2D eigenvalue weighted by molar-refractivity contribution is 7.94. The minimum Gasteiger partial charge on any atom is -0.361 e. The summed E-state index contributed by atoms with van der Waals surface area (Å²) in [5.74, 6) is -0.910. The first-order chi connectivity index (χ1) is 13.0. The van der Waals surface area contributed by atoms with Crippen molar-refractivity contribution in [3.8, 4) is 0 Å². The topological polar surface area (TPSA) is 99.3 Å². The van der Waals surface area contributed by atoms with E-state index in [1.165, 1.54) is 24.3 Å². The van der Waals surface area contributed by atoms with Gasteiger partial charge < -0.3 is 10.3 Å². The molecule has 4 rings (SSSR count). The van der Waals surface area contributed by atoms with E-state index in [0.717, 1.165) is 20.8 Å². The summed E-state index contributed by atoms with van der Waals surface area (Å²) in [6, 6.07) is 13.8. The maximum Gasteiger partial charge on any atom is 0.251 e. The zero-order valence-electron chi connectivity index (χ0n) is 14.3. The Balaban J connectivity index is 1.47. The first-order valence-electron chi connectivity index (χ1n) is 8.45. The molecule has 8 heteroatoms. The number of nitrogens with one attached hydrogen (secondary N) is 2. The molecule has 1 aliphatic rings. The van der Waals surface area contributed by atoms with Crippen molar-refractivity contribution in [1.82, 2.24) is 10.3 Å². The number of amides is 2. The number of carbonyl (C=O) groups excluding carboxylic acids is 2. The van der Waals surface area contributed by atoms with Crippen molar-refractivity contribution in [2.45, 2.75) is 13.0 Å². The van der Waals surface area contributed by atoms with Crippen molar-refractivity contribution in [2.75, 3.05) is 10.1 Å². The lowest BCUT2D eigenvalue weighted by atomic mass is 10.1. The van der Waals surface area contributed by atoms with Crippen LogP contribution in [0.15, 0.2) is 54.7 Å². The van der Waals surface area contributed by atoms with Crippen molar-refractivity contribution < 1.29 is 18.0 Å². The van der Waals surface area contributed by atoms with Gasteiger partial charge in [0.15, 0.2) is 0 Å². The van der Waals surface area contributed by atoms with Crippen molar-refractivity contribution >= 4 is 38.4 Å². The van der Waals surface area contributed by atoms with Crippen LogP contribution in [0.1, 0.15) is 22.3 Å². The van der Waals surface area contributed by atoms with Crippen LogP contribution in [0.5, 0.6) is 0 Å². The van der Waals surface area contributed by atoms with Gasteiger partial charge in [0.2, 0.25) is 15.9 Å². The summed E-state index contributed by atoms with van der Waals surface area (Å²) < 4.78 is 24.7. The van der Waals surface area contributed by atoms with E-state index in [9.17, 15) is 18.0 Å². The molecular weight excluding hydrogens is 366 g/mol. The summed E-state index contributed by atoms with van der Waals surface area (Å²) in [7, 11) is -3.60. The van der Waals surface area contributed by atoms with Crippen molar-refractivity contribution in [1.29, 1.82) is 0 Å². The van der Waals surface area contributed by atoms with E-state index in [2.05, 4.69) is 10.3 Å². The Bertz CT molecular complexity index is 1130. The lowest BCUT2D eigenvalue weighted by molar-refractivity contribution is -0.116. The fraction of sp³-hybridized carbons (Fsp3) is 0.158. The van der Waals surface area contributed by atoms with E-state index in [0.29, 0.717) is 12.1 Å². The molecule has 3 aromatic rings. The highest BCUT2D eigenvalue weighted by atomic mass is 32.2. The number of fused-ring (bicyclic) bond motifs is 1. The Morgan fingerprint density at radius 1 is 1.11 bits per heavy atom. The van der Waals surface area contributed by atoms with E-state index < -0.39 is 15.9 Å². The molecule has 0 spiro atoms. The van der Waals surface area contributed by atoms with Gasteiger partial charge in [0.25, 0.3) is 5.91 Å². The summed E-state index contributed by atoms with van der Waals surface area (Å²) in [6.07, 6.45) is 1.84. The van der Waals surface area contributed by atoms with Crippen LogP contribution in [0, 0.1) is 0 Å². The SMILES string of the molecule is O=C(NCc1c[nH]c2ccccc12)c1ccc(N2C(=O)CCS2(=O)=O)cc1. The summed E-state index contributed by atoms with van der Waals surface area (Å²) in [5.41, 5.74) is 2.63. The lowest BCUT2D eigenvalue weighted by Crippen LogP contribution is -2.29. The molecule has 27 heavy (non-hydrogen) atoms. The van der Waals surface area contributed by atoms with E-state index in [1.807, 2.05) is 30.5 Å². The second kappa shape index (κ2) is 6.55. The normalized spacial score (nSPS) is 16.0. The Hall–Kier alpha value is -3.13. The van der Waals surface area contributed by atoms with E-state index in [1.54, 1.807) is 0 Å². The number of anilines is 1. The van der Waals surface area contributed by atoms with Crippen LogP contribution in [-0.4, -0.2) is 31.0 Å². The smallest absolute Gasteiger partial charge is 0.251 e. The van der Waals surface area contributed by atoms with E-state index in [-0.39, 0.29) is 23.8 Å². The monoisotopic (exact) mass is 383 g/mol. The van der Waals surface area contributed by atoms with Gasteiger partial charge in [0.1, 0.15) is 0 Å². The molecule has 2 heterocycles. The number of H-pyrrole nitrogens is 1. The average molecular weight is 383 g/mol. The van der Waals surface area contributed by atoms with Crippen LogP contribution in [-0.2, 0) is 21.4 Å². The van der Waals surface area contributed by atoms with Crippen LogP contribution in [0.3, 0.4) is 0 Å². The van der Waals surface area contributed by atoms with Crippen LogP contribution >= 0.6 is 0 Å². The van der Waals surface area contributed by atoms with Crippen LogP contribution in [0.25, 0.3) is 10.9 Å². The largest absolute Gasteiger partial charge is 0.361 e. The molecule has 0 radical (unpaired) electrons. The second-order valence-corrected chi connectivity index (χ2v) is 8.25. The van der Waals surface area contributed by atoms with Crippen molar-refractivity contribution in [3.63, 3.8) is 0 Å². The molecule has 1 aliphatic heterocycles. The number of sulfonamides is 1. The number of aromatic amines is 1. The molecule has 0 bridgehead atoms. The Morgan fingerprint density at radius 2 is 1.85 bits per heavy atom. The van der Waals surface area contributed by atoms with E-state index in [4.69, 9.17) is 0 Å². The molecule has 0 atom stereocenters. The van der Waals surface area contributed by atoms with Crippen LogP contribution < -0.4 is 9.62 Å². The van der Waals surface area contributed by atoms with Crippen molar-refractivity contribution in [2.24, 2.45) is 0 Å². The molecule has 0 unspecified atom stereocenters. The number of benzene rings is 2. The first kappa shape index (κ1) is 17.3. The van der Waals surface area contributed by atoms with Crippen LogP contribution in [0.4, 0.5) is 5.69 Å². The fourth-order valence-corrected chi connectivity index (χ4v) is 4.63. The fourth-order valence-electron chi connectivity index (χ4n) is 3.17. The van der Waals surface area contributed by atoms with Crippen molar-refractivity contribution in [3.05, 3.63) is 65.9 Å². The van der Waals surface area contributed by atoms with Gasteiger partial charge in [-0.3, -0.25) is 9.59 Å². The maximum absolute atomic E-state index is 12.4. The maximum atomic E-state index is 12.4. The standard InChI is InChI=1S/C19H17N3O4S/c23-18-9-10-27(25,26)22(18)15-7-5-13(6-8-15)19(24)21-12-14-11-20-17-4-2-1-3-16(14)17/h1-8,11,20H,9-10,12H2,(H,21,24). The third-order valence-corrected chi connectivity index (χ3v) is 6.25. The molecule has 0 aliphatic carbocycles. The lowest BCUT2D eigenvalue weighted by Gasteiger charge is -2.15. The van der Waals surface area contributed by atoms with Gasteiger partial charge in [0.05, 0.1) is 11.4 Å². The minimum atomic E-state index is -3.60. The minimum absolute atomic E-state index is 0.0187. The summed E-state index contributed by atoms with van der Waals surface area (Å²) in [4.78, 5) is 27.4. The molecule has 1 fully saturated rings. The van der Waals surface area contributed by atoms with E-state index >= 15 is 0 Å². The van der Waals surface area contributed by atoms with Gasteiger partial charge in [-0.1, -0.05) is 18.2 Å². The van der Waals surface area contributed by atoms with Gasteiger partial charge in [0, 0.05) is 35.6 Å². The number of aromatic nitrogens is 1. The molecule has 2 amide bonds. The Labute approximate surface area is 156 Å². The number of nitrogens with zero attached hydrogens (tertiary/aromatic N) is 1. The van der Waals surface area contributed by atoms with Gasteiger partial charge >= 0.3 is 0 Å².